The van der Waals surface area contributed by atoms with Crippen molar-refractivity contribution in [2.75, 3.05) is 7.11 Å². The highest BCUT2D eigenvalue weighted by Gasteiger charge is 2.13. The van der Waals surface area contributed by atoms with E-state index in [0.29, 0.717) is 12.2 Å². The summed E-state index contributed by atoms with van der Waals surface area (Å²) in [4.78, 5) is 0. The summed E-state index contributed by atoms with van der Waals surface area (Å²) >= 11 is 0. The van der Waals surface area contributed by atoms with Crippen molar-refractivity contribution in [1.29, 1.82) is 5.26 Å². The number of hydrogen-bond donors (Lipinski definition) is 2. The maximum atomic E-state index is 9.54. The highest BCUT2D eigenvalue weighted by molar-refractivity contribution is 5.42. The Labute approximate surface area is 108 Å². The van der Waals surface area contributed by atoms with Crippen molar-refractivity contribution < 1.29 is 9.84 Å². The summed E-state index contributed by atoms with van der Waals surface area (Å²) in [5, 5.41) is 21.7. The Morgan fingerprint density at radius 3 is 2.78 bits per heavy atom. The average Bonchev–Trinajstić information content (AvgIpc) is 2.38. The van der Waals surface area contributed by atoms with Crippen LogP contribution in [-0.4, -0.2) is 18.3 Å². The van der Waals surface area contributed by atoms with Crippen LogP contribution in [0.25, 0.3) is 0 Å². The number of methoxy groups -OCH3 is 1. The molecule has 18 heavy (non-hydrogen) atoms. The molecular weight excluding hydrogens is 228 g/mol. The van der Waals surface area contributed by atoms with Crippen molar-refractivity contribution in [1.82, 2.24) is 5.32 Å². The van der Waals surface area contributed by atoms with E-state index in [1.807, 2.05) is 19.1 Å². The van der Waals surface area contributed by atoms with Gasteiger partial charge >= 0.3 is 0 Å². The van der Waals surface area contributed by atoms with Crippen molar-refractivity contribution in [3.63, 3.8) is 0 Å². The zero-order chi connectivity index (χ0) is 13.5. The number of rotatable bonds is 6. The van der Waals surface area contributed by atoms with E-state index in [4.69, 9.17) is 10.00 Å². The van der Waals surface area contributed by atoms with Crippen LogP contribution in [0.15, 0.2) is 18.2 Å². The van der Waals surface area contributed by atoms with Gasteiger partial charge in [0.25, 0.3) is 0 Å². The van der Waals surface area contributed by atoms with Crippen LogP contribution in [0.5, 0.6) is 11.5 Å². The molecule has 0 spiro atoms. The van der Waals surface area contributed by atoms with Gasteiger partial charge in [-0.15, -0.1) is 0 Å². The maximum Gasteiger partial charge on any atom is 0.160 e. The van der Waals surface area contributed by atoms with Gasteiger partial charge in [-0.25, -0.2) is 0 Å². The molecule has 2 atom stereocenters. The number of aromatic hydroxyl groups is 1. The lowest BCUT2D eigenvalue weighted by Gasteiger charge is -2.21. The molecule has 2 unspecified atom stereocenters. The van der Waals surface area contributed by atoms with Gasteiger partial charge in [0.15, 0.2) is 11.5 Å². The summed E-state index contributed by atoms with van der Waals surface area (Å²) in [5.74, 6) is 0.604. The second-order valence-electron chi connectivity index (χ2n) is 4.29. The van der Waals surface area contributed by atoms with E-state index in [-0.39, 0.29) is 17.8 Å². The fourth-order valence-electron chi connectivity index (χ4n) is 1.84. The Morgan fingerprint density at radius 1 is 1.50 bits per heavy atom. The van der Waals surface area contributed by atoms with Crippen molar-refractivity contribution >= 4 is 0 Å². The monoisotopic (exact) mass is 248 g/mol. The Bertz CT molecular complexity index is 426. The predicted octanol–water partition coefficient (Wildman–Crippen LogP) is 2.74. The number of nitrogens with zero attached hydrogens (tertiary/aromatic N) is 1. The first-order chi connectivity index (χ1) is 8.62. The lowest BCUT2D eigenvalue weighted by Crippen LogP contribution is -2.30. The van der Waals surface area contributed by atoms with Gasteiger partial charge in [0.05, 0.1) is 19.6 Å². The Kier molecular flexibility index (Phi) is 5.47. The molecule has 1 rings (SSSR count). The van der Waals surface area contributed by atoms with Gasteiger partial charge in [0, 0.05) is 12.1 Å². The van der Waals surface area contributed by atoms with Crippen LogP contribution in [0.1, 0.15) is 38.3 Å². The van der Waals surface area contributed by atoms with Gasteiger partial charge < -0.3 is 15.2 Å². The quantitative estimate of drug-likeness (QED) is 0.812. The molecule has 0 aliphatic rings. The molecule has 0 saturated heterocycles. The molecule has 98 valence electrons. The van der Waals surface area contributed by atoms with E-state index in [0.717, 1.165) is 12.0 Å². The molecule has 1 aromatic rings. The normalized spacial score (nSPS) is 13.7. The molecule has 2 N–H and O–H groups in total. The third kappa shape index (κ3) is 3.64. The molecule has 4 nitrogen and oxygen atoms in total. The number of nitrogens with one attached hydrogen (secondary N) is 1. The van der Waals surface area contributed by atoms with Gasteiger partial charge in [-0.1, -0.05) is 13.0 Å². The smallest absolute Gasteiger partial charge is 0.160 e. The summed E-state index contributed by atoms with van der Waals surface area (Å²) in [6, 6.07) is 7.76. The number of nitriles is 1. The first-order valence-corrected chi connectivity index (χ1v) is 6.12. The second-order valence-corrected chi connectivity index (χ2v) is 4.29. The molecule has 0 saturated carbocycles. The van der Waals surface area contributed by atoms with E-state index >= 15 is 0 Å². The van der Waals surface area contributed by atoms with Crippen LogP contribution in [-0.2, 0) is 0 Å². The molecule has 0 aliphatic carbocycles. The van der Waals surface area contributed by atoms with Crippen LogP contribution in [0.4, 0.5) is 0 Å². The van der Waals surface area contributed by atoms with E-state index in [9.17, 15) is 5.11 Å². The molecule has 0 amide bonds. The fraction of sp³-hybridized carbons (Fsp3) is 0.500. The Hall–Kier alpha value is -1.73. The Balaban J connectivity index is 2.77. The van der Waals surface area contributed by atoms with Crippen molar-refractivity contribution in [3.8, 4) is 17.6 Å². The van der Waals surface area contributed by atoms with E-state index < -0.39 is 0 Å². The van der Waals surface area contributed by atoms with Crippen LogP contribution in [0.2, 0.25) is 0 Å². The number of phenolic OH excluding ortho intramolecular Hbond substituents is 1. The summed E-state index contributed by atoms with van der Waals surface area (Å²) < 4.78 is 5.08. The molecule has 4 heteroatoms. The summed E-state index contributed by atoms with van der Waals surface area (Å²) in [6.45, 7) is 4.09. The van der Waals surface area contributed by atoms with Gasteiger partial charge in [-0.2, -0.15) is 5.26 Å². The molecule has 0 aromatic heterocycles. The number of ether oxygens (including phenoxy) is 1. The lowest BCUT2D eigenvalue weighted by molar-refractivity contribution is 0.371. The topological polar surface area (TPSA) is 65.3 Å². The first-order valence-electron chi connectivity index (χ1n) is 6.12. The van der Waals surface area contributed by atoms with Crippen LogP contribution < -0.4 is 10.1 Å². The summed E-state index contributed by atoms with van der Waals surface area (Å²) in [5.41, 5.74) is 1.03. The maximum absolute atomic E-state index is 9.54. The van der Waals surface area contributed by atoms with Crippen molar-refractivity contribution in [2.24, 2.45) is 0 Å². The van der Waals surface area contributed by atoms with Crippen LogP contribution in [0, 0.1) is 11.3 Å². The molecule has 1 aromatic carbocycles. The summed E-state index contributed by atoms with van der Waals surface area (Å²) in [7, 11) is 1.53. The predicted molar refractivity (Wildman–Crippen MR) is 70.5 cm³/mol. The van der Waals surface area contributed by atoms with Gasteiger partial charge in [-0.3, -0.25) is 0 Å². The van der Waals surface area contributed by atoms with Gasteiger partial charge in [0.2, 0.25) is 0 Å². The fourth-order valence-corrected chi connectivity index (χ4v) is 1.84. The van der Waals surface area contributed by atoms with Gasteiger partial charge in [-0.05, 0) is 31.0 Å². The van der Waals surface area contributed by atoms with E-state index in [1.54, 1.807) is 6.07 Å². The SMILES string of the molecule is CCC(CC#N)NC(C)c1ccc(O)c(OC)c1. The zero-order valence-electron chi connectivity index (χ0n) is 11.1. The third-order valence-electron chi connectivity index (χ3n) is 3.02. The molecular formula is C14H20N2O2. The molecule has 0 aliphatic heterocycles. The van der Waals surface area contributed by atoms with Gasteiger partial charge in [0.1, 0.15) is 0 Å². The highest BCUT2D eigenvalue weighted by Crippen LogP contribution is 2.29. The number of phenols is 1. The first kappa shape index (κ1) is 14.3. The molecule has 0 heterocycles. The van der Waals surface area contributed by atoms with E-state index in [2.05, 4.69) is 18.3 Å². The minimum Gasteiger partial charge on any atom is -0.504 e. The minimum absolute atomic E-state index is 0.109. The third-order valence-corrected chi connectivity index (χ3v) is 3.02. The van der Waals surface area contributed by atoms with Crippen LogP contribution >= 0.6 is 0 Å². The van der Waals surface area contributed by atoms with E-state index in [1.165, 1.54) is 7.11 Å². The minimum atomic E-state index is 0.109. The number of hydrogen-bond acceptors (Lipinski definition) is 4. The average molecular weight is 248 g/mol. The standard InChI is InChI=1S/C14H20N2O2/c1-4-12(7-8-15)16-10(2)11-5-6-13(17)14(9-11)18-3/h5-6,9-10,12,16-17H,4,7H2,1-3H3. The molecule has 0 radical (unpaired) electrons. The lowest BCUT2D eigenvalue weighted by atomic mass is 10.0. The highest BCUT2D eigenvalue weighted by atomic mass is 16.5. The molecule has 0 fully saturated rings. The summed E-state index contributed by atoms with van der Waals surface area (Å²) in [6.07, 6.45) is 1.41. The van der Waals surface area contributed by atoms with Crippen molar-refractivity contribution in [2.45, 2.75) is 38.8 Å². The Morgan fingerprint density at radius 2 is 2.22 bits per heavy atom. The number of benzene rings is 1. The second kappa shape index (κ2) is 6.87. The van der Waals surface area contributed by atoms with Crippen LogP contribution in [0.3, 0.4) is 0 Å². The molecule has 0 bridgehead atoms. The largest absolute Gasteiger partial charge is 0.504 e. The van der Waals surface area contributed by atoms with Crippen molar-refractivity contribution in [3.05, 3.63) is 23.8 Å². The zero-order valence-corrected chi connectivity index (χ0v) is 11.1.